The van der Waals surface area contributed by atoms with E-state index in [1.807, 2.05) is 29.2 Å². The van der Waals surface area contributed by atoms with Gasteiger partial charge >= 0.3 is 0 Å². The van der Waals surface area contributed by atoms with Gasteiger partial charge in [0.05, 0.1) is 23.3 Å². The largest absolute Gasteiger partial charge is 0.463 e. The number of ether oxygens (including phenoxy) is 1. The van der Waals surface area contributed by atoms with Crippen molar-refractivity contribution >= 4 is 27.5 Å². The molecule has 0 bridgehead atoms. The van der Waals surface area contributed by atoms with Crippen LogP contribution in [0.3, 0.4) is 0 Å². The van der Waals surface area contributed by atoms with Gasteiger partial charge in [0.1, 0.15) is 6.10 Å². The van der Waals surface area contributed by atoms with E-state index < -0.39 is 0 Å². The summed E-state index contributed by atoms with van der Waals surface area (Å²) < 4.78 is 6.97. The van der Waals surface area contributed by atoms with Crippen LogP contribution >= 0.6 is 11.3 Å². The number of nitrogens with zero attached hydrogens (tertiary/aromatic N) is 2. The minimum Gasteiger partial charge on any atom is -0.463 e. The zero-order valence-electron chi connectivity index (χ0n) is 10.4. The molecule has 0 radical (unpaired) electrons. The molecule has 2 heterocycles. The highest BCUT2D eigenvalue weighted by molar-refractivity contribution is 7.20. The molecule has 1 saturated heterocycles. The Morgan fingerprint density at radius 1 is 1.32 bits per heavy atom. The molecule has 1 aliphatic heterocycles. The Bertz CT molecular complexity index is 596. The fourth-order valence-corrected chi connectivity index (χ4v) is 3.21. The maximum atomic E-state index is 11.8. The molecule has 98 valence electrons. The predicted octanol–water partition coefficient (Wildman–Crippen LogP) is 2.30. The summed E-state index contributed by atoms with van der Waals surface area (Å²) in [6.45, 7) is 1.43. The van der Waals surface area contributed by atoms with Crippen LogP contribution in [-0.4, -0.2) is 35.0 Å². The molecule has 2 fully saturated rings. The number of hydrogen-bond acceptors (Lipinski definition) is 4. The molecule has 4 rings (SSSR count). The van der Waals surface area contributed by atoms with E-state index in [9.17, 15) is 4.79 Å². The van der Waals surface area contributed by atoms with Crippen LogP contribution in [0.5, 0.6) is 5.19 Å². The maximum absolute atomic E-state index is 11.8. The molecule has 0 atom stereocenters. The van der Waals surface area contributed by atoms with Gasteiger partial charge in [-0.1, -0.05) is 23.5 Å². The smallest absolute Gasteiger partial charge is 0.274 e. The van der Waals surface area contributed by atoms with Crippen LogP contribution < -0.4 is 4.74 Å². The van der Waals surface area contributed by atoms with Crippen molar-refractivity contribution < 1.29 is 9.53 Å². The van der Waals surface area contributed by atoms with Gasteiger partial charge < -0.3 is 9.64 Å². The number of carbonyl (C=O) groups excluding carboxylic acids is 1. The van der Waals surface area contributed by atoms with Crippen molar-refractivity contribution in [3.8, 4) is 5.19 Å². The third-order valence-electron chi connectivity index (χ3n) is 3.63. The molecular weight excluding hydrogens is 260 g/mol. The van der Waals surface area contributed by atoms with Crippen LogP contribution in [0, 0.1) is 5.92 Å². The average molecular weight is 274 g/mol. The third-order valence-corrected chi connectivity index (χ3v) is 4.56. The molecule has 1 saturated carbocycles. The Morgan fingerprint density at radius 2 is 2.11 bits per heavy atom. The van der Waals surface area contributed by atoms with Crippen molar-refractivity contribution in [1.82, 2.24) is 9.88 Å². The van der Waals surface area contributed by atoms with Gasteiger partial charge in [0.2, 0.25) is 5.91 Å². The number of aromatic nitrogens is 1. The summed E-state index contributed by atoms with van der Waals surface area (Å²) >= 11 is 1.57. The number of benzene rings is 1. The monoisotopic (exact) mass is 274 g/mol. The van der Waals surface area contributed by atoms with Crippen molar-refractivity contribution in [2.75, 3.05) is 13.1 Å². The van der Waals surface area contributed by atoms with E-state index in [1.54, 1.807) is 11.3 Å². The highest BCUT2D eigenvalue weighted by Gasteiger charge is 2.40. The Hall–Kier alpha value is -1.62. The summed E-state index contributed by atoms with van der Waals surface area (Å²) in [5.74, 6) is 0.618. The van der Waals surface area contributed by atoms with Crippen molar-refractivity contribution in [2.45, 2.75) is 18.9 Å². The Kier molecular flexibility index (Phi) is 2.48. The lowest BCUT2D eigenvalue weighted by molar-refractivity contribution is -0.141. The van der Waals surface area contributed by atoms with Gasteiger partial charge in [-0.25, -0.2) is 4.98 Å². The molecule has 2 aliphatic rings. The topological polar surface area (TPSA) is 42.4 Å². The van der Waals surface area contributed by atoms with Crippen molar-refractivity contribution in [2.24, 2.45) is 5.92 Å². The zero-order chi connectivity index (χ0) is 12.8. The van der Waals surface area contributed by atoms with E-state index >= 15 is 0 Å². The van der Waals surface area contributed by atoms with Crippen LogP contribution in [0.15, 0.2) is 24.3 Å². The number of thiazole rings is 1. The van der Waals surface area contributed by atoms with Gasteiger partial charge in [-0.15, -0.1) is 0 Å². The fourth-order valence-electron chi connectivity index (χ4n) is 2.33. The fraction of sp³-hybridized carbons (Fsp3) is 0.429. The molecule has 1 aromatic carbocycles. The summed E-state index contributed by atoms with van der Waals surface area (Å²) in [5.41, 5.74) is 0.979. The molecule has 1 aliphatic carbocycles. The number of rotatable bonds is 3. The lowest BCUT2D eigenvalue weighted by Crippen LogP contribution is -2.56. The molecule has 2 aromatic rings. The van der Waals surface area contributed by atoms with Gasteiger partial charge in [0, 0.05) is 5.92 Å². The summed E-state index contributed by atoms with van der Waals surface area (Å²) in [7, 11) is 0. The lowest BCUT2D eigenvalue weighted by Gasteiger charge is -2.38. The third kappa shape index (κ3) is 2.08. The normalized spacial score (nSPS) is 19.5. The van der Waals surface area contributed by atoms with Crippen LogP contribution in [0.2, 0.25) is 0 Å². The zero-order valence-corrected chi connectivity index (χ0v) is 11.2. The molecular formula is C14H14N2O2S. The second-order valence-corrected chi connectivity index (χ2v) is 6.20. The van der Waals surface area contributed by atoms with E-state index in [0.29, 0.717) is 30.1 Å². The van der Waals surface area contributed by atoms with E-state index in [2.05, 4.69) is 4.98 Å². The quantitative estimate of drug-likeness (QED) is 0.862. The minimum absolute atomic E-state index is 0.114. The van der Waals surface area contributed by atoms with Crippen molar-refractivity contribution in [1.29, 1.82) is 0 Å². The van der Waals surface area contributed by atoms with E-state index in [4.69, 9.17) is 4.74 Å². The summed E-state index contributed by atoms with van der Waals surface area (Å²) in [5, 5.41) is 0.713. The molecule has 4 nitrogen and oxygen atoms in total. The predicted molar refractivity (Wildman–Crippen MR) is 73.3 cm³/mol. The van der Waals surface area contributed by atoms with E-state index in [0.717, 1.165) is 23.1 Å². The number of likely N-dealkylation sites (tertiary alicyclic amines) is 1. The summed E-state index contributed by atoms with van der Waals surface area (Å²) in [4.78, 5) is 18.1. The first-order chi connectivity index (χ1) is 9.29. The SMILES string of the molecule is O=C(C1CC1)N1CC(Oc2nc3ccccc3s2)C1. The molecule has 1 aromatic heterocycles. The average Bonchev–Trinajstić information content (AvgIpc) is 3.12. The Morgan fingerprint density at radius 3 is 2.84 bits per heavy atom. The van der Waals surface area contributed by atoms with Crippen molar-refractivity contribution in [3.05, 3.63) is 24.3 Å². The number of amides is 1. The first kappa shape index (κ1) is 11.2. The maximum Gasteiger partial charge on any atom is 0.274 e. The first-order valence-corrected chi connectivity index (χ1v) is 7.42. The van der Waals surface area contributed by atoms with Gasteiger partial charge in [-0.2, -0.15) is 0 Å². The van der Waals surface area contributed by atoms with Gasteiger partial charge in [-0.05, 0) is 25.0 Å². The first-order valence-electron chi connectivity index (χ1n) is 6.60. The van der Waals surface area contributed by atoms with E-state index in [1.165, 1.54) is 0 Å². The molecule has 0 unspecified atom stereocenters. The Balaban J connectivity index is 1.39. The van der Waals surface area contributed by atoms with Gasteiger partial charge in [-0.3, -0.25) is 4.79 Å². The number of fused-ring (bicyclic) bond motifs is 1. The standard InChI is InChI=1S/C14H14N2O2S/c17-13(9-5-6-9)16-7-10(8-16)18-14-15-11-3-1-2-4-12(11)19-14/h1-4,9-10H,5-8H2. The molecule has 5 heteroatoms. The highest BCUT2D eigenvalue weighted by atomic mass is 32.1. The van der Waals surface area contributed by atoms with Crippen LogP contribution in [0.1, 0.15) is 12.8 Å². The highest BCUT2D eigenvalue weighted by Crippen LogP contribution is 2.34. The molecule has 0 spiro atoms. The van der Waals surface area contributed by atoms with Gasteiger partial charge in [0.15, 0.2) is 0 Å². The number of para-hydroxylation sites is 1. The molecule has 19 heavy (non-hydrogen) atoms. The van der Waals surface area contributed by atoms with E-state index in [-0.39, 0.29) is 6.10 Å². The minimum atomic E-state index is 0.114. The Labute approximate surface area is 115 Å². The van der Waals surface area contributed by atoms with Crippen LogP contribution in [0.25, 0.3) is 10.2 Å². The lowest BCUT2D eigenvalue weighted by atomic mass is 10.1. The summed E-state index contributed by atoms with van der Waals surface area (Å²) in [6.07, 6.45) is 2.25. The summed E-state index contributed by atoms with van der Waals surface area (Å²) in [6, 6.07) is 8.01. The molecule has 1 amide bonds. The van der Waals surface area contributed by atoms with Crippen molar-refractivity contribution in [3.63, 3.8) is 0 Å². The second-order valence-electron chi connectivity index (χ2n) is 5.20. The number of hydrogen-bond donors (Lipinski definition) is 0. The number of carbonyl (C=O) groups is 1. The second kappa shape index (κ2) is 4.20. The van der Waals surface area contributed by atoms with Gasteiger partial charge in [0.25, 0.3) is 5.19 Å². The molecule has 0 N–H and O–H groups in total. The van der Waals surface area contributed by atoms with Crippen LogP contribution in [0.4, 0.5) is 0 Å². The van der Waals surface area contributed by atoms with Crippen LogP contribution in [-0.2, 0) is 4.79 Å².